The highest BCUT2D eigenvalue weighted by atomic mass is 16.5. The van der Waals surface area contributed by atoms with Gasteiger partial charge in [0.25, 0.3) is 0 Å². The van der Waals surface area contributed by atoms with Crippen LogP contribution >= 0.6 is 0 Å². The maximum absolute atomic E-state index is 11.6. The van der Waals surface area contributed by atoms with Crippen LogP contribution in [-0.2, 0) is 14.3 Å². The first-order valence-electron chi connectivity index (χ1n) is 6.49. The number of ether oxygens (including phenoxy) is 1. The largest absolute Gasteiger partial charge is 0.469 e. The molecule has 18 heavy (non-hydrogen) atoms. The predicted molar refractivity (Wildman–Crippen MR) is 66.7 cm³/mol. The minimum atomic E-state index is -0.204. The van der Waals surface area contributed by atoms with Crippen LogP contribution in [-0.4, -0.2) is 25.7 Å². The van der Waals surface area contributed by atoms with Crippen LogP contribution in [0.5, 0.6) is 0 Å². The molecule has 0 N–H and O–H groups in total. The number of methoxy groups -OCH3 is 1. The van der Waals surface area contributed by atoms with Crippen LogP contribution in [0.2, 0.25) is 0 Å². The molecule has 0 bridgehead atoms. The van der Waals surface area contributed by atoms with Crippen molar-refractivity contribution in [2.75, 3.05) is 13.7 Å². The number of nitrogens with zero attached hydrogens (tertiary/aromatic N) is 1. The van der Waals surface area contributed by atoms with Crippen LogP contribution in [0.25, 0.3) is 0 Å². The molecule has 2 saturated carbocycles. The summed E-state index contributed by atoms with van der Waals surface area (Å²) in [5.74, 6) is -0.204. The zero-order valence-corrected chi connectivity index (χ0v) is 11.4. The van der Waals surface area contributed by atoms with Crippen molar-refractivity contribution in [2.45, 2.75) is 46.0 Å². The fourth-order valence-electron chi connectivity index (χ4n) is 4.17. The Hall–Kier alpha value is -1.15. The molecule has 4 nitrogen and oxygen atoms in total. The lowest BCUT2D eigenvalue weighted by Gasteiger charge is -2.52. The van der Waals surface area contributed by atoms with Crippen molar-refractivity contribution >= 4 is 12.0 Å². The zero-order valence-electron chi connectivity index (χ0n) is 11.4. The SMILES string of the molecule is COC(=O)C[C@]1(CN=C=O)C[C@]2(C)CC[C@]2(C)C1. The molecular formula is C14H21NO3. The van der Waals surface area contributed by atoms with E-state index in [1.807, 2.05) is 0 Å². The number of fused-ring (bicyclic) bond motifs is 1. The number of esters is 1. The zero-order chi connectivity index (χ0) is 13.4. The molecule has 0 aromatic rings. The summed E-state index contributed by atoms with van der Waals surface area (Å²) >= 11 is 0. The summed E-state index contributed by atoms with van der Waals surface area (Å²) in [5.41, 5.74) is 0.378. The molecule has 3 atom stereocenters. The number of isocyanates is 1. The number of aliphatic imine (C=N–C) groups is 1. The third-order valence-corrected chi connectivity index (χ3v) is 5.44. The Bertz CT molecular complexity index is 395. The van der Waals surface area contributed by atoms with E-state index in [1.165, 1.54) is 20.0 Å². The van der Waals surface area contributed by atoms with E-state index in [-0.39, 0.29) is 11.4 Å². The summed E-state index contributed by atoms with van der Waals surface area (Å²) in [6, 6.07) is 0. The normalized spacial score (nSPS) is 41.5. The van der Waals surface area contributed by atoms with Crippen molar-refractivity contribution in [1.29, 1.82) is 0 Å². The smallest absolute Gasteiger partial charge is 0.306 e. The van der Waals surface area contributed by atoms with Crippen molar-refractivity contribution in [3.8, 4) is 0 Å². The van der Waals surface area contributed by atoms with E-state index in [0.717, 1.165) is 12.8 Å². The molecule has 0 amide bonds. The molecule has 0 radical (unpaired) electrons. The minimum absolute atomic E-state index is 0.204. The Morgan fingerprint density at radius 1 is 1.28 bits per heavy atom. The van der Waals surface area contributed by atoms with E-state index >= 15 is 0 Å². The van der Waals surface area contributed by atoms with E-state index in [4.69, 9.17) is 4.74 Å². The number of carbonyl (C=O) groups excluding carboxylic acids is 2. The van der Waals surface area contributed by atoms with Crippen LogP contribution in [0.1, 0.15) is 46.0 Å². The summed E-state index contributed by atoms with van der Waals surface area (Å²) in [6.07, 6.45) is 6.29. The Balaban J connectivity index is 2.22. The van der Waals surface area contributed by atoms with Gasteiger partial charge in [-0.05, 0) is 36.5 Å². The number of hydrogen-bond donors (Lipinski definition) is 0. The third kappa shape index (κ3) is 1.89. The van der Waals surface area contributed by atoms with Gasteiger partial charge in [0.2, 0.25) is 6.08 Å². The van der Waals surface area contributed by atoms with Gasteiger partial charge in [-0.15, -0.1) is 0 Å². The third-order valence-electron chi connectivity index (χ3n) is 5.44. The van der Waals surface area contributed by atoms with Crippen LogP contribution in [0.4, 0.5) is 0 Å². The molecule has 0 heterocycles. The molecule has 0 saturated heterocycles. The lowest BCUT2D eigenvalue weighted by molar-refractivity contribution is -0.143. The van der Waals surface area contributed by atoms with Gasteiger partial charge in [-0.3, -0.25) is 4.79 Å². The fourth-order valence-corrected chi connectivity index (χ4v) is 4.17. The van der Waals surface area contributed by atoms with E-state index < -0.39 is 0 Å². The molecular weight excluding hydrogens is 230 g/mol. The van der Waals surface area contributed by atoms with E-state index in [0.29, 0.717) is 23.8 Å². The van der Waals surface area contributed by atoms with Crippen molar-refractivity contribution in [3.63, 3.8) is 0 Å². The highest BCUT2D eigenvalue weighted by Crippen LogP contribution is 2.71. The first kappa shape index (κ1) is 13.3. The molecule has 100 valence electrons. The second kappa shape index (κ2) is 4.20. The van der Waals surface area contributed by atoms with Crippen LogP contribution < -0.4 is 0 Å². The monoisotopic (exact) mass is 251 g/mol. The molecule has 2 aliphatic carbocycles. The second-order valence-electron chi connectivity index (χ2n) is 6.64. The number of rotatable bonds is 4. The fraction of sp³-hybridized carbons (Fsp3) is 0.857. The second-order valence-corrected chi connectivity index (χ2v) is 6.64. The molecule has 0 spiro atoms. The molecule has 0 aromatic carbocycles. The van der Waals surface area contributed by atoms with Crippen LogP contribution in [0.3, 0.4) is 0 Å². The van der Waals surface area contributed by atoms with Crippen molar-refractivity contribution < 1.29 is 14.3 Å². The summed E-state index contributed by atoms with van der Waals surface area (Å²) < 4.78 is 4.79. The van der Waals surface area contributed by atoms with Gasteiger partial charge in [-0.1, -0.05) is 13.8 Å². The van der Waals surface area contributed by atoms with E-state index in [1.54, 1.807) is 6.08 Å². The van der Waals surface area contributed by atoms with Gasteiger partial charge in [0, 0.05) is 5.41 Å². The van der Waals surface area contributed by atoms with Gasteiger partial charge in [0.05, 0.1) is 20.1 Å². The first-order valence-corrected chi connectivity index (χ1v) is 6.49. The minimum Gasteiger partial charge on any atom is -0.469 e. The quantitative estimate of drug-likeness (QED) is 0.438. The Labute approximate surface area is 108 Å². The topological polar surface area (TPSA) is 55.7 Å². The highest BCUT2D eigenvalue weighted by molar-refractivity contribution is 5.70. The Morgan fingerprint density at radius 2 is 1.83 bits per heavy atom. The lowest BCUT2D eigenvalue weighted by atomic mass is 9.53. The molecule has 2 aliphatic rings. The Morgan fingerprint density at radius 3 is 2.22 bits per heavy atom. The summed E-state index contributed by atoms with van der Waals surface area (Å²) in [5, 5.41) is 0. The van der Waals surface area contributed by atoms with E-state index in [9.17, 15) is 9.59 Å². The Kier molecular flexibility index (Phi) is 3.10. The van der Waals surface area contributed by atoms with Gasteiger partial charge in [-0.2, -0.15) is 0 Å². The molecule has 0 unspecified atom stereocenters. The highest BCUT2D eigenvalue weighted by Gasteiger charge is 2.63. The van der Waals surface area contributed by atoms with Crippen molar-refractivity contribution in [2.24, 2.45) is 21.2 Å². The van der Waals surface area contributed by atoms with Crippen LogP contribution in [0.15, 0.2) is 4.99 Å². The lowest BCUT2D eigenvalue weighted by Crippen LogP contribution is -2.42. The summed E-state index contributed by atoms with van der Waals surface area (Å²) in [4.78, 5) is 25.8. The van der Waals surface area contributed by atoms with E-state index in [2.05, 4.69) is 18.8 Å². The number of hydrogen-bond acceptors (Lipinski definition) is 4. The van der Waals surface area contributed by atoms with Gasteiger partial charge < -0.3 is 4.74 Å². The molecule has 2 rings (SSSR count). The standard InChI is InChI=1S/C14H21NO3/c1-12-4-5-13(12,2)8-14(7-12,9-15-10-16)6-11(17)18-3/h4-9H2,1-3H3/t12-,13+,14-. The molecule has 2 fully saturated rings. The van der Waals surface area contributed by atoms with Crippen molar-refractivity contribution in [1.82, 2.24) is 0 Å². The van der Waals surface area contributed by atoms with Crippen LogP contribution in [0, 0.1) is 16.2 Å². The average molecular weight is 251 g/mol. The molecule has 4 heteroatoms. The van der Waals surface area contributed by atoms with Gasteiger partial charge in [-0.25, -0.2) is 9.79 Å². The van der Waals surface area contributed by atoms with Gasteiger partial charge >= 0.3 is 5.97 Å². The van der Waals surface area contributed by atoms with Gasteiger partial charge in [0.1, 0.15) is 0 Å². The number of carbonyl (C=O) groups is 1. The predicted octanol–water partition coefficient (Wildman–Crippen LogP) is 2.47. The first-order chi connectivity index (χ1) is 8.39. The molecule has 0 aromatic heterocycles. The van der Waals surface area contributed by atoms with Crippen molar-refractivity contribution in [3.05, 3.63) is 0 Å². The average Bonchev–Trinajstić information content (AvgIpc) is 2.47. The summed E-state index contributed by atoms with van der Waals surface area (Å²) in [7, 11) is 1.41. The van der Waals surface area contributed by atoms with Gasteiger partial charge in [0.15, 0.2) is 0 Å². The maximum atomic E-state index is 11.6. The molecule has 0 aliphatic heterocycles. The maximum Gasteiger partial charge on any atom is 0.306 e. The summed E-state index contributed by atoms with van der Waals surface area (Å²) in [6.45, 7) is 4.98.